The monoisotopic (exact) mass is 352 g/mol. The van der Waals surface area contributed by atoms with Crippen LogP contribution in [0.2, 0.25) is 0 Å². The molecule has 2 aromatic carbocycles. The summed E-state index contributed by atoms with van der Waals surface area (Å²) in [6, 6.07) is 11.8. The van der Waals surface area contributed by atoms with Gasteiger partial charge in [-0.25, -0.2) is 9.07 Å². The summed E-state index contributed by atoms with van der Waals surface area (Å²) < 4.78 is 20.5. The fourth-order valence-corrected chi connectivity index (χ4v) is 2.65. The average molecular weight is 352 g/mol. The van der Waals surface area contributed by atoms with Gasteiger partial charge in [0.15, 0.2) is 0 Å². The zero-order valence-electron chi connectivity index (χ0n) is 14.4. The van der Waals surface area contributed by atoms with E-state index < -0.39 is 0 Å². The first-order chi connectivity index (χ1) is 12.6. The van der Waals surface area contributed by atoms with Gasteiger partial charge in [0.2, 0.25) is 5.82 Å². The summed E-state index contributed by atoms with van der Waals surface area (Å²) in [5, 5.41) is 12.4. The Morgan fingerprint density at radius 2 is 2.00 bits per heavy atom. The molecule has 0 fully saturated rings. The Balaban J connectivity index is 1.63. The number of halogens is 1. The van der Waals surface area contributed by atoms with E-state index in [1.165, 1.54) is 12.1 Å². The van der Waals surface area contributed by atoms with Gasteiger partial charge in [0, 0.05) is 17.7 Å². The Bertz CT molecular complexity index is 1050. The molecule has 4 rings (SSSR count). The number of fused-ring (bicyclic) bond motifs is 1. The van der Waals surface area contributed by atoms with Crippen molar-refractivity contribution in [1.82, 2.24) is 30.0 Å². The third-order valence-electron chi connectivity index (χ3n) is 4.03. The molecule has 0 aliphatic carbocycles. The van der Waals surface area contributed by atoms with Gasteiger partial charge < -0.3 is 9.42 Å². The summed E-state index contributed by atoms with van der Waals surface area (Å²) in [6.07, 6.45) is 0. The SMILES string of the molecule is CN(C)CCn1nnc2cc(-c3noc(-c4cccc(F)c4)n3)ccc21. The molecule has 0 saturated carbocycles. The number of rotatable bonds is 5. The summed E-state index contributed by atoms with van der Waals surface area (Å²) >= 11 is 0. The molecule has 2 heterocycles. The first-order valence-electron chi connectivity index (χ1n) is 8.18. The summed E-state index contributed by atoms with van der Waals surface area (Å²) in [4.78, 5) is 6.45. The second-order valence-electron chi connectivity index (χ2n) is 6.25. The topological polar surface area (TPSA) is 72.9 Å². The van der Waals surface area contributed by atoms with Crippen LogP contribution in [0.25, 0.3) is 33.9 Å². The highest BCUT2D eigenvalue weighted by atomic mass is 19.1. The van der Waals surface area contributed by atoms with E-state index in [9.17, 15) is 4.39 Å². The summed E-state index contributed by atoms with van der Waals surface area (Å²) in [5.41, 5.74) is 3.02. The van der Waals surface area contributed by atoms with Gasteiger partial charge in [0.1, 0.15) is 11.3 Å². The molecule has 0 saturated heterocycles. The molecule has 132 valence electrons. The molecule has 0 aliphatic rings. The van der Waals surface area contributed by atoms with Gasteiger partial charge in [-0.15, -0.1) is 5.10 Å². The van der Waals surface area contributed by atoms with Gasteiger partial charge in [-0.05, 0) is 50.5 Å². The third kappa shape index (κ3) is 3.18. The maximum absolute atomic E-state index is 13.4. The molecule has 8 heteroatoms. The zero-order chi connectivity index (χ0) is 18.1. The molecule has 0 atom stereocenters. The second-order valence-corrected chi connectivity index (χ2v) is 6.25. The van der Waals surface area contributed by atoms with Crippen molar-refractivity contribution in [2.45, 2.75) is 6.54 Å². The Labute approximate surface area is 149 Å². The van der Waals surface area contributed by atoms with Gasteiger partial charge in [-0.2, -0.15) is 4.98 Å². The van der Waals surface area contributed by atoms with Crippen LogP contribution >= 0.6 is 0 Å². The maximum Gasteiger partial charge on any atom is 0.258 e. The van der Waals surface area contributed by atoms with Crippen LogP contribution in [0.3, 0.4) is 0 Å². The minimum absolute atomic E-state index is 0.272. The highest BCUT2D eigenvalue weighted by Crippen LogP contribution is 2.24. The van der Waals surface area contributed by atoms with E-state index in [2.05, 4.69) is 25.4 Å². The average Bonchev–Trinajstić information content (AvgIpc) is 3.27. The van der Waals surface area contributed by atoms with Crippen LogP contribution < -0.4 is 0 Å². The van der Waals surface area contributed by atoms with Gasteiger partial charge in [-0.1, -0.05) is 16.4 Å². The van der Waals surface area contributed by atoms with Gasteiger partial charge >= 0.3 is 0 Å². The third-order valence-corrected chi connectivity index (χ3v) is 4.03. The number of hydrogen-bond donors (Lipinski definition) is 0. The lowest BCUT2D eigenvalue weighted by molar-refractivity contribution is 0.374. The number of benzene rings is 2. The standard InChI is InChI=1S/C18H17FN6O/c1-24(2)8-9-25-16-7-6-12(11-15(16)21-23-25)17-20-18(26-22-17)13-4-3-5-14(19)10-13/h3-7,10-11H,8-9H2,1-2H3. The molecule has 0 amide bonds. The molecule has 26 heavy (non-hydrogen) atoms. The van der Waals surface area contributed by atoms with Crippen LogP contribution in [-0.4, -0.2) is 50.7 Å². The molecule has 0 radical (unpaired) electrons. The lowest BCUT2D eigenvalue weighted by Crippen LogP contribution is -2.18. The van der Waals surface area contributed by atoms with Crippen molar-refractivity contribution >= 4 is 11.0 Å². The van der Waals surface area contributed by atoms with E-state index in [4.69, 9.17) is 4.52 Å². The normalized spacial score (nSPS) is 11.5. The summed E-state index contributed by atoms with van der Waals surface area (Å²) in [5.74, 6) is 0.348. The van der Waals surface area contributed by atoms with E-state index in [1.54, 1.807) is 12.1 Å². The summed E-state index contributed by atoms with van der Waals surface area (Å²) in [6.45, 7) is 1.64. The molecule has 0 N–H and O–H groups in total. The first kappa shape index (κ1) is 16.3. The lowest BCUT2D eigenvalue weighted by atomic mass is 10.2. The minimum atomic E-state index is -0.349. The van der Waals surface area contributed by atoms with Crippen molar-refractivity contribution in [3.8, 4) is 22.8 Å². The van der Waals surface area contributed by atoms with Gasteiger partial charge in [-0.3, -0.25) is 0 Å². The number of hydrogen-bond acceptors (Lipinski definition) is 6. The maximum atomic E-state index is 13.4. The van der Waals surface area contributed by atoms with Gasteiger partial charge in [0.05, 0.1) is 12.1 Å². The van der Waals surface area contributed by atoms with Crippen LogP contribution in [0.1, 0.15) is 0 Å². The molecule has 7 nitrogen and oxygen atoms in total. The molecule has 0 spiro atoms. The Hall–Kier alpha value is -3.13. The van der Waals surface area contributed by atoms with Crippen LogP contribution in [-0.2, 0) is 6.54 Å². The van der Waals surface area contributed by atoms with Crippen LogP contribution in [0, 0.1) is 5.82 Å². The molecule has 2 aromatic heterocycles. The fraction of sp³-hybridized carbons (Fsp3) is 0.222. The molecule has 4 aromatic rings. The van der Waals surface area contributed by atoms with Crippen molar-refractivity contribution in [2.75, 3.05) is 20.6 Å². The molecule has 0 unspecified atom stereocenters. The predicted molar refractivity (Wildman–Crippen MR) is 94.8 cm³/mol. The van der Waals surface area contributed by atoms with Crippen molar-refractivity contribution in [1.29, 1.82) is 0 Å². The first-order valence-corrected chi connectivity index (χ1v) is 8.18. The van der Waals surface area contributed by atoms with Gasteiger partial charge in [0.25, 0.3) is 5.89 Å². The minimum Gasteiger partial charge on any atom is -0.334 e. The molecule has 0 bridgehead atoms. The molecule has 0 aliphatic heterocycles. The largest absolute Gasteiger partial charge is 0.334 e. The van der Waals surface area contributed by atoms with Crippen LogP contribution in [0.5, 0.6) is 0 Å². The van der Waals surface area contributed by atoms with Crippen molar-refractivity contribution < 1.29 is 8.91 Å². The van der Waals surface area contributed by atoms with E-state index in [-0.39, 0.29) is 11.7 Å². The quantitative estimate of drug-likeness (QED) is 0.550. The number of nitrogens with zero attached hydrogens (tertiary/aromatic N) is 6. The number of aromatic nitrogens is 5. The van der Waals surface area contributed by atoms with E-state index in [1.807, 2.05) is 37.0 Å². The summed E-state index contributed by atoms with van der Waals surface area (Å²) in [7, 11) is 4.04. The van der Waals surface area contributed by atoms with E-state index in [0.29, 0.717) is 11.4 Å². The zero-order valence-corrected chi connectivity index (χ0v) is 14.4. The molecular formula is C18H17FN6O. The Morgan fingerprint density at radius 3 is 2.81 bits per heavy atom. The van der Waals surface area contributed by atoms with E-state index >= 15 is 0 Å². The highest BCUT2D eigenvalue weighted by Gasteiger charge is 2.13. The Morgan fingerprint density at radius 1 is 1.12 bits per heavy atom. The number of likely N-dealkylation sites (N-methyl/N-ethyl adjacent to an activating group) is 1. The predicted octanol–water partition coefficient (Wildman–Crippen LogP) is 2.85. The second kappa shape index (κ2) is 6.64. The van der Waals surface area contributed by atoms with E-state index in [0.717, 1.165) is 29.7 Å². The van der Waals surface area contributed by atoms with Crippen molar-refractivity contribution in [3.05, 3.63) is 48.3 Å². The highest BCUT2D eigenvalue weighted by molar-refractivity contribution is 5.80. The van der Waals surface area contributed by atoms with Crippen LogP contribution in [0.4, 0.5) is 4.39 Å². The smallest absolute Gasteiger partial charge is 0.258 e. The fourth-order valence-electron chi connectivity index (χ4n) is 2.65. The lowest BCUT2D eigenvalue weighted by Gasteiger charge is -2.09. The van der Waals surface area contributed by atoms with Crippen molar-refractivity contribution in [3.63, 3.8) is 0 Å². The Kier molecular flexibility index (Phi) is 4.18. The van der Waals surface area contributed by atoms with Crippen LogP contribution in [0.15, 0.2) is 47.0 Å². The van der Waals surface area contributed by atoms with Crippen molar-refractivity contribution in [2.24, 2.45) is 0 Å². The molecular weight excluding hydrogens is 335 g/mol.